The lowest BCUT2D eigenvalue weighted by atomic mass is 9.88. The van der Waals surface area contributed by atoms with Gasteiger partial charge in [-0.1, -0.05) is 31.2 Å². The molecule has 0 radical (unpaired) electrons. The maximum Gasteiger partial charge on any atom is 0.252 e. The predicted molar refractivity (Wildman–Crippen MR) is 120 cm³/mol. The molecule has 30 heavy (non-hydrogen) atoms. The summed E-state index contributed by atoms with van der Waals surface area (Å²) in [5.41, 5.74) is 4.01. The molecule has 162 valence electrons. The quantitative estimate of drug-likeness (QED) is 0.720. The van der Waals surface area contributed by atoms with Gasteiger partial charge in [-0.25, -0.2) is 8.42 Å². The Hall–Kier alpha value is -1.70. The van der Waals surface area contributed by atoms with Crippen molar-refractivity contribution in [2.24, 2.45) is 5.92 Å². The number of carbonyl (C=O) groups excluding carboxylic acids is 1. The molecule has 1 aromatic carbocycles. The fourth-order valence-corrected chi connectivity index (χ4v) is 7.26. The van der Waals surface area contributed by atoms with Crippen molar-refractivity contribution in [3.05, 3.63) is 52.4 Å². The van der Waals surface area contributed by atoms with Crippen LogP contribution in [0.15, 0.2) is 39.9 Å². The van der Waals surface area contributed by atoms with Crippen molar-refractivity contribution < 1.29 is 13.2 Å². The molecule has 1 N–H and O–H groups in total. The molecule has 0 saturated carbocycles. The highest BCUT2D eigenvalue weighted by Gasteiger charge is 2.34. The first kappa shape index (κ1) is 21.5. The molecule has 2 heterocycles. The number of amides is 1. The number of fused-ring (bicyclic) bond motifs is 1. The van der Waals surface area contributed by atoms with Gasteiger partial charge in [-0.05, 0) is 73.1 Å². The Balaban J connectivity index is 1.44. The molecular weight excluding hydrogens is 416 g/mol. The van der Waals surface area contributed by atoms with Crippen LogP contribution in [-0.2, 0) is 27.7 Å². The summed E-state index contributed by atoms with van der Waals surface area (Å²) in [5.74, 6) is -0.342. The number of hydrogen-bond acceptors (Lipinski definition) is 4. The summed E-state index contributed by atoms with van der Waals surface area (Å²) in [6.45, 7) is 2.82. The third-order valence-electron chi connectivity index (χ3n) is 6.34. The number of aryl methyl sites for hydroxylation is 2. The van der Waals surface area contributed by atoms with E-state index >= 15 is 0 Å². The normalized spacial score (nSPS) is 21.0. The third kappa shape index (κ3) is 4.48. The molecule has 2 aliphatic rings. The summed E-state index contributed by atoms with van der Waals surface area (Å²) in [6.07, 6.45) is 7.00. The largest absolute Gasteiger partial charge is 0.349 e. The van der Waals surface area contributed by atoms with Crippen molar-refractivity contribution in [1.29, 1.82) is 0 Å². The lowest BCUT2D eigenvalue weighted by Crippen LogP contribution is -2.45. The van der Waals surface area contributed by atoms with Gasteiger partial charge in [0.15, 0.2) is 0 Å². The van der Waals surface area contributed by atoms with Crippen LogP contribution in [0.3, 0.4) is 0 Å². The smallest absolute Gasteiger partial charge is 0.252 e. The first-order valence-electron chi connectivity index (χ1n) is 10.9. The maximum absolute atomic E-state index is 13.1. The number of nitrogens with zero attached hydrogens (tertiary/aromatic N) is 1. The lowest BCUT2D eigenvalue weighted by Gasteiger charge is -2.32. The Morgan fingerprint density at radius 1 is 1.20 bits per heavy atom. The average Bonchev–Trinajstić information content (AvgIpc) is 3.33. The Bertz CT molecular complexity index is 986. The van der Waals surface area contributed by atoms with Gasteiger partial charge in [-0.15, -0.1) is 11.3 Å². The zero-order chi connectivity index (χ0) is 21.1. The maximum atomic E-state index is 13.1. The van der Waals surface area contributed by atoms with Crippen LogP contribution in [0.1, 0.15) is 61.8 Å². The third-order valence-corrected chi connectivity index (χ3v) is 9.58. The molecule has 2 atom stereocenters. The van der Waals surface area contributed by atoms with E-state index in [4.69, 9.17) is 0 Å². The molecule has 0 spiro atoms. The second kappa shape index (κ2) is 9.20. The van der Waals surface area contributed by atoms with Crippen LogP contribution in [0.2, 0.25) is 0 Å². The van der Waals surface area contributed by atoms with Crippen molar-refractivity contribution in [2.45, 2.75) is 62.1 Å². The minimum absolute atomic E-state index is 0.0333. The summed E-state index contributed by atoms with van der Waals surface area (Å²) in [4.78, 5) is 13.1. The van der Waals surface area contributed by atoms with Crippen LogP contribution in [0, 0.1) is 5.92 Å². The molecule has 2 aromatic rings. The van der Waals surface area contributed by atoms with Gasteiger partial charge in [0.1, 0.15) is 4.21 Å². The van der Waals surface area contributed by atoms with E-state index < -0.39 is 10.0 Å². The van der Waals surface area contributed by atoms with E-state index in [0.29, 0.717) is 17.2 Å². The molecule has 1 aliphatic carbocycles. The van der Waals surface area contributed by atoms with Crippen molar-refractivity contribution in [2.75, 3.05) is 13.1 Å². The fourth-order valence-electron chi connectivity index (χ4n) is 4.59. The number of carbonyl (C=O) groups is 1. The number of piperidine rings is 1. The van der Waals surface area contributed by atoms with Crippen LogP contribution >= 0.6 is 11.3 Å². The highest BCUT2D eigenvalue weighted by molar-refractivity contribution is 7.91. The first-order valence-corrected chi connectivity index (χ1v) is 13.3. The highest BCUT2D eigenvalue weighted by atomic mass is 32.2. The number of benzene rings is 1. The summed E-state index contributed by atoms with van der Waals surface area (Å²) >= 11 is 1.23. The minimum Gasteiger partial charge on any atom is -0.349 e. The Morgan fingerprint density at radius 2 is 2.00 bits per heavy atom. The number of sulfonamides is 1. The summed E-state index contributed by atoms with van der Waals surface area (Å²) in [7, 11) is -3.51. The van der Waals surface area contributed by atoms with Crippen LogP contribution in [0.5, 0.6) is 0 Å². The molecule has 1 aliphatic heterocycles. The first-order chi connectivity index (χ1) is 14.5. The second-order valence-electron chi connectivity index (χ2n) is 8.34. The van der Waals surface area contributed by atoms with E-state index in [9.17, 15) is 13.2 Å². The van der Waals surface area contributed by atoms with Crippen LogP contribution in [0.4, 0.5) is 0 Å². The van der Waals surface area contributed by atoms with Gasteiger partial charge >= 0.3 is 0 Å². The predicted octanol–water partition coefficient (Wildman–Crippen LogP) is 4.30. The van der Waals surface area contributed by atoms with Crippen molar-refractivity contribution in [3.63, 3.8) is 0 Å². The zero-order valence-corrected chi connectivity index (χ0v) is 19.1. The van der Waals surface area contributed by atoms with Crippen molar-refractivity contribution >= 4 is 27.3 Å². The summed E-state index contributed by atoms with van der Waals surface area (Å²) in [5, 5.41) is 4.98. The SMILES string of the molecule is CC[C@H](NC(=O)[C@@H]1CCCN(S(=O)(=O)c2cccs2)C1)c1ccc2c(c1)CCCC2. The topological polar surface area (TPSA) is 66.5 Å². The number of nitrogens with one attached hydrogen (secondary N) is 1. The van der Waals surface area contributed by atoms with E-state index in [1.165, 1.54) is 39.6 Å². The molecule has 4 rings (SSSR count). The molecule has 1 amide bonds. The monoisotopic (exact) mass is 446 g/mol. The molecule has 1 saturated heterocycles. The minimum atomic E-state index is -3.51. The van der Waals surface area contributed by atoms with Crippen molar-refractivity contribution in [1.82, 2.24) is 9.62 Å². The van der Waals surface area contributed by atoms with E-state index in [1.54, 1.807) is 17.5 Å². The molecular formula is C23H30N2O3S2. The Morgan fingerprint density at radius 3 is 2.73 bits per heavy atom. The lowest BCUT2D eigenvalue weighted by molar-refractivity contribution is -0.126. The van der Waals surface area contributed by atoms with Crippen molar-refractivity contribution in [3.8, 4) is 0 Å². The van der Waals surface area contributed by atoms with Gasteiger partial charge in [0.05, 0.1) is 12.0 Å². The van der Waals surface area contributed by atoms with E-state index in [-0.39, 0.29) is 24.4 Å². The molecule has 0 unspecified atom stereocenters. The highest BCUT2D eigenvalue weighted by Crippen LogP contribution is 2.29. The van der Waals surface area contributed by atoms with E-state index in [2.05, 4.69) is 30.4 Å². The van der Waals surface area contributed by atoms with Gasteiger partial charge in [0.2, 0.25) is 5.91 Å². The second-order valence-corrected chi connectivity index (χ2v) is 11.5. The summed E-state index contributed by atoms with van der Waals surface area (Å²) < 4.78 is 27.5. The van der Waals surface area contributed by atoms with Gasteiger partial charge in [0.25, 0.3) is 10.0 Å². The average molecular weight is 447 g/mol. The molecule has 1 aromatic heterocycles. The van der Waals surface area contributed by atoms with Gasteiger partial charge < -0.3 is 5.32 Å². The number of rotatable bonds is 6. The van der Waals surface area contributed by atoms with Gasteiger partial charge in [-0.2, -0.15) is 4.31 Å². The number of thiophene rings is 1. The molecule has 7 heteroatoms. The van der Waals surface area contributed by atoms with E-state index in [0.717, 1.165) is 31.2 Å². The standard InChI is InChI=1S/C23H30N2O3S2/c1-2-21(19-12-11-17-7-3-4-8-18(17)15-19)24-23(26)20-9-5-13-25(16-20)30(27,28)22-10-6-14-29-22/h6,10-12,14-15,20-21H,2-5,7-9,13,16H2,1H3,(H,24,26)/t20-,21+/m1/s1. The summed E-state index contributed by atoms with van der Waals surface area (Å²) in [6, 6.07) is 9.97. The van der Waals surface area contributed by atoms with Crippen LogP contribution in [-0.4, -0.2) is 31.7 Å². The molecule has 1 fully saturated rings. The van der Waals surface area contributed by atoms with Gasteiger partial charge in [0, 0.05) is 13.1 Å². The Kier molecular flexibility index (Phi) is 6.60. The van der Waals surface area contributed by atoms with Gasteiger partial charge in [-0.3, -0.25) is 4.79 Å². The van der Waals surface area contributed by atoms with Crippen LogP contribution in [0.25, 0.3) is 0 Å². The van der Waals surface area contributed by atoms with Crippen LogP contribution < -0.4 is 5.32 Å². The Labute approximate surface area is 183 Å². The number of hydrogen-bond donors (Lipinski definition) is 1. The molecule has 0 bridgehead atoms. The fraction of sp³-hybridized carbons (Fsp3) is 0.522. The molecule has 5 nitrogen and oxygen atoms in total. The zero-order valence-electron chi connectivity index (χ0n) is 17.5. The van der Waals surface area contributed by atoms with E-state index in [1.807, 2.05) is 0 Å².